The maximum Gasteiger partial charge on any atom is 0.309 e. The van der Waals surface area contributed by atoms with Crippen LogP contribution in [0.2, 0.25) is 0 Å². The molecule has 5 atom stereocenters. The predicted octanol–water partition coefficient (Wildman–Crippen LogP) is 2.44. The Morgan fingerprint density at radius 1 is 1.38 bits per heavy atom. The molecule has 3 unspecified atom stereocenters. The van der Waals surface area contributed by atoms with Gasteiger partial charge in [-0.05, 0) is 50.5 Å². The lowest BCUT2D eigenvalue weighted by molar-refractivity contribution is -0.155. The second-order valence-electron chi connectivity index (χ2n) is 6.90. The fraction of sp³-hybridized carbons (Fsp3) is 0.765. The Morgan fingerprint density at radius 2 is 2.19 bits per heavy atom. The molecule has 0 aromatic heterocycles. The highest BCUT2D eigenvalue weighted by Crippen LogP contribution is 2.54. The summed E-state index contributed by atoms with van der Waals surface area (Å²) in [6, 6.07) is 0.220. The second-order valence-corrected chi connectivity index (χ2v) is 6.90. The first kappa shape index (κ1) is 14.6. The number of carbonyl (C=O) groups is 2. The van der Waals surface area contributed by atoms with Crippen molar-refractivity contribution in [2.24, 2.45) is 23.2 Å². The van der Waals surface area contributed by atoms with Gasteiger partial charge in [0.2, 0.25) is 5.91 Å². The molecule has 0 radical (unpaired) electrons. The van der Waals surface area contributed by atoms with Crippen molar-refractivity contribution >= 4 is 11.9 Å². The fourth-order valence-electron chi connectivity index (χ4n) is 4.85. The summed E-state index contributed by atoms with van der Waals surface area (Å²) in [5.41, 5.74) is -0.0119. The van der Waals surface area contributed by atoms with E-state index in [0.29, 0.717) is 18.4 Å². The average Bonchev–Trinajstić information content (AvgIpc) is 2.48. The number of hydrogen-bond donors (Lipinski definition) is 1. The lowest BCUT2D eigenvalue weighted by Gasteiger charge is -2.54. The van der Waals surface area contributed by atoms with Gasteiger partial charge in [-0.15, -0.1) is 0 Å². The highest BCUT2D eigenvalue weighted by Gasteiger charge is 2.53. The van der Waals surface area contributed by atoms with E-state index in [9.17, 15) is 9.59 Å². The van der Waals surface area contributed by atoms with Crippen molar-refractivity contribution in [2.45, 2.75) is 52.0 Å². The zero-order valence-electron chi connectivity index (χ0n) is 12.9. The van der Waals surface area contributed by atoms with Gasteiger partial charge in [0.25, 0.3) is 0 Å². The minimum atomic E-state index is -0.0157. The normalized spacial score (nSPS) is 41.7. The molecule has 116 valence electrons. The number of hydrogen-bond acceptors (Lipinski definition) is 3. The number of ether oxygens (including phenoxy) is 1. The molecule has 4 nitrogen and oxygen atoms in total. The first-order valence-electron chi connectivity index (χ1n) is 8.22. The predicted molar refractivity (Wildman–Crippen MR) is 79.4 cm³/mol. The average molecular weight is 291 g/mol. The number of nitrogens with one attached hydrogen (secondary N) is 1. The van der Waals surface area contributed by atoms with Gasteiger partial charge in [0.05, 0.1) is 12.5 Å². The Balaban J connectivity index is 1.86. The molecular formula is C17H25NO3. The van der Waals surface area contributed by atoms with Crippen LogP contribution in [0.5, 0.6) is 0 Å². The minimum Gasteiger partial charge on any atom is -0.466 e. The monoisotopic (exact) mass is 291 g/mol. The minimum absolute atomic E-state index is 0.0119. The van der Waals surface area contributed by atoms with E-state index in [2.05, 4.69) is 18.3 Å². The van der Waals surface area contributed by atoms with Gasteiger partial charge < -0.3 is 10.1 Å². The van der Waals surface area contributed by atoms with Gasteiger partial charge in [0.15, 0.2) is 0 Å². The molecule has 0 aromatic carbocycles. The van der Waals surface area contributed by atoms with Crippen molar-refractivity contribution in [3.8, 4) is 0 Å². The van der Waals surface area contributed by atoms with E-state index in [4.69, 9.17) is 4.74 Å². The molecule has 1 heterocycles. The quantitative estimate of drug-likeness (QED) is 0.795. The molecule has 2 aliphatic carbocycles. The molecule has 3 aliphatic rings. The van der Waals surface area contributed by atoms with Crippen molar-refractivity contribution < 1.29 is 14.3 Å². The number of rotatable bonds is 2. The van der Waals surface area contributed by atoms with Gasteiger partial charge in [0, 0.05) is 11.5 Å². The largest absolute Gasteiger partial charge is 0.466 e. The molecule has 1 aliphatic heterocycles. The van der Waals surface area contributed by atoms with Crippen molar-refractivity contribution in [1.29, 1.82) is 0 Å². The molecule has 0 bridgehead atoms. The third kappa shape index (κ3) is 2.39. The summed E-state index contributed by atoms with van der Waals surface area (Å²) in [5, 5.41) is 3.12. The first-order chi connectivity index (χ1) is 10.1. The first-order valence-corrected chi connectivity index (χ1v) is 8.22. The number of amides is 1. The Hall–Kier alpha value is -1.32. The molecular weight excluding hydrogens is 266 g/mol. The van der Waals surface area contributed by atoms with Crippen LogP contribution >= 0.6 is 0 Å². The van der Waals surface area contributed by atoms with Gasteiger partial charge in [-0.2, -0.15) is 0 Å². The van der Waals surface area contributed by atoms with Gasteiger partial charge in [0.1, 0.15) is 0 Å². The molecule has 0 aromatic rings. The molecule has 2 saturated carbocycles. The maximum absolute atomic E-state index is 12.3. The Morgan fingerprint density at radius 3 is 2.95 bits per heavy atom. The van der Waals surface area contributed by atoms with E-state index in [1.54, 1.807) is 6.08 Å². The summed E-state index contributed by atoms with van der Waals surface area (Å²) in [5.74, 6) is 0.925. The highest BCUT2D eigenvalue weighted by atomic mass is 16.5. The molecule has 21 heavy (non-hydrogen) atoms. The van der Waals surface area contributed by atoms with E-state index >= 15 is 0 Å². The Bertz CT molecular complexity index is 473. The summed E-state index contributed by atoms with van der Waals surface area (Å²) >= 11 is 0. The molecule has 2 fully saturated rings. The molecule has 3 rings (SSSR count). The van der Waals surface area contributed by atoms with Crippen LogP contribution in [0.1, 0.15) is 46.0 Å². The van der Waals surface area contributed by atoms with Crippen molar-refractivity contribution in [2.75, 3.05) is 6.61 Å². The summed E-state index contributed by atoms with van der Waals surface area (Å²) in [6.45, 7) is 4.58. The van der Waals surface area contributed by atoms with Crippen LogP contribution in [0.4, 0.5) is 0 Å². The van der Waals surface area contributed by atoms with Gasteiger partial charge in [-0.1, -0.05) is 19.4 Å². The van der Waals surface area contributed by atoms with E-state index < -0.39 is 0 Å². The topological polar surface area (TPSA) is 55.4 Å². The van der Waals surface area contributed by atoms with Crippen LogP contribution in [0.25, 0.3) is 0 Å². The maximum atomic E-state index is 12.3. The zero-order valence-corrected chi connectivity index (χ0v) is 12.9. The summed E-state index contributed by atoms with van der Waals surface area (Å²) in [6.07, 6.45) is 8.93. The van der Waals surface area contributed by atoms with Crippen molar-refractivity contribution in [1.82, 2.24) is 5.32 Å². The molecule has 0 saturated heterocycles. The van der Waals surface area contributed by atoms with Crippen LogP contribution in [-0.4, -0.2) is 24.5 Å². The van der Waals surface area contributed by atoms with Crippen molar-refractivity contribution in [3.63, 3.8) is 0 Å². The van der Waals surface area contributed by atoms with Crippen LogP contribution in [0, 0.1) is 23.2 Å². The number of carbonyl (C=O) groups excluding carboxylic acids is 2. The van der Waals surface area contributed by atoms with Crippen molar-refractivity contribution in [3.05, 3.63) is 12.2 Å². The van der Waals surface area contributed by atoms with Crippen LogP contribution in [0.3, 0.4) is 0 Å². The molecule has 4 heteroatoms. The standard InChI is InChI=1S/C17H25NO3/c1-3-21-16(20)12-5-4-6-13-11(12)7-8-14-17(13,2)10-9-15(19)18-14/h9-14H,3-8H2,1-2H3,(H,18,19)/t11?,12-,13?,14?,17-/m1/s1. The van der Waals surface area contributed by atoms with Crippen LogP contribution in [0.15, 0.2) is 12.2 Å². The Kier molecular flexibility index (Phi) is 3.80. The van der Waals surface area contributed by atoms with E-state index in [-0.39, 0.29) is 29.3 Å². The summed E-state index contributed by atoms with van der Waals surface area (Å²) in [7, 11) is 0. The van der Waals surface area contributed by atoms with Gasteiger partial charge in [-0.25, -0.2) is 0 Å². The number of esters is 1. The molecule has 0 spiro atoms. The van der Waals surface area contributed by atoms with Crippen LogP contribution in [-0.2, 0) is 14.3 Å². The SMILES string of the molecule is CCOC(=O)[C@@H]1CCCC2C1CCC1NC(=O)C=C[C@@]12C. The lowest BCUT2D eigenvalue weighted by atomic mass is 9.53. The molecule has 1 amide bonds. The lowest BCUT2D eigenvalue weighted by Crippen LogP contribution is -2.58. The summed E-state index contributed by atoms with van der Waals surface area (Å²) in [4.78, 5) is 23.9. The van der Waals surface area contributed by atoms with E-state index in [0.717, 1.165) is 32.1 Å². The second kappa shape index (κ2) is 5.47. The van der Waals surface area contributed by atoms with Gasteiger partial charge in [-0.3, -0.25) is 9.59 Å². The zero-order chi connectivity index (χ0) is 15.0. The van der Waals surface area contributed by atoms with Gasteiger partial charge >= 0.3 is 5.97 Å². The van der Waals surface area contributed by atoms with E-state index in [1.807, 2.05) is 6.92 Å². The summed E-state index contributed by atoms with van der Waals surface area (Å²) < 4.78 is 5.29. The number of fused-ring (bicyclic) bond motifs is 3. The fourth-order valence-corrected chi connectivity index (χ4v) is 4.85. The highest BCUT2D eigenvalue weighted by molar-refractivity contribution is 5.89. The van der Waals surface area contributed by atoms with Crippen LogP contribution < -0.4 is 5.32 Å². The molecule has 1 N–H and O–H groups in total. The smallest absolute Gasteiger partial charge is 0.309 e. The van der Waals surface area contributed by atoms with E-state index in [1.165, 1.54) is 0 Å². The third-order valence-electron chi connectivity index (χ3n) is 5.90. The Labute approximate surface area is 126 Å². The third-order valence-corrected chi connectivity index (χ3v) is 5.90.